The van der Waals surface area contributed by atoms with Crippen molar-refractivity contribution in [2.75, 3.05) is 13.2 Å². The monoisotopic (exact) mass is 359 g/mol. The van der Waals surface area contributed by atoms with Crippen LogP contribution in [0.5, 0.6) is 0 Å². The lowest BCUT2D eigenvalue weighted by molar-refractivity contribution is 0.0568. The number of rotatable bonds is 1. The minimum atomic E-state index is -0.427. The number of carbonyl (C=O) groups is 1. The van der Waals surface area contributed by atoms with Gasteiger partial charge in [0.25, 0.3) is 0 Å². The van der Waals surface area contributed by atoms with Gasteiger partial charge in [0.1, 0.15) is 0 Å². The minimum absolute atomic E-state index is 0.0458. The number of benzene rings is 1. The van der Waals surface area contributed by atoms with Gasteiger partial charge in [-0.05, 0) is 50.8 Å². The molecule has 1 N–H and O–H groups in total. The Morgan fingerprint density at radius 3 is 3.00 bits per heavy atom. The van der Waals surface area contributed by atoms with Crippen molar-refractivity contribution in [3.8, 4) is 11.8 Å². The number of allylic oxidation sites excluding steroid dienone is 1. The molecule has 4 nitrogen and oxygen atoms in total. The predicted octanol–water partition coefficient (Wildman–Crippen LogP) is 3.97. The predicted molar refractivity (Wildman–Crippen MR) is 97.0 cm³/mol. The molecule has 0 aromatic heterocycles. The van der Waals surface area contributed by atoms with E-state index in [4.69, 9.17) is 16.3 Å². The quantitative estimate of drug-likeness (QED) is 0.772. The molecule has 25 heavy (non-hydrogen) atoms. The van der Waals surface area contributed by atoms with E-state index in [1.54, 1.807) is 11.8 Å². The Morgan fingerprint density at radius 1 is 1.40 bits per heavy atom. The van der Waals surface area contributed by atoms with E-state index in [0.717, 1.165) is 29.7 Å². The summed E-state index contributed by atoms with van der Waals surface area (Å²) < 4.78 is 5.20. The van der Waals surface area contributed by atoms with Crippen molar-refractivity contribution in [1.82, 2.24) is 4.90 Å². The molecule has 2 unspecified atom stereocenters. The number of likely N-dealkylation sites (tertiary alicyclic amines) is 1. The summed E-state index contributed by atoms with van der Waals surface area (Å²) in [4.78, 5) is 14.0. The van der Waals surface area contributed by atoms with Crippen LogP contribution in [0.2, 0.25) is 5.02 Å². The number of piperidine rings is 1. The first kappa shape index (κ1) is 17.8. The fourth-order valence-corrected chi connectivity index (χ4v) is 3.73. The molecule has 0 spiro atoms. The molecule has 0 bridgehead atoms. The van der Waals surface area contributed by atoms with Crippen LogP contribution < -0.4 is 0 Å². The molecule has 1 aromatic carbocycles. The van der Waals surface area contributed by atoms with E-state index >= 15 is 0 Å². The van der Waals surface area contributed by atoms with Gasteiger partial charge >= 0.3 is 6.09 Å². The van der Waals surface area contributed by atoms with Crippen LogP contribution in [0, 0.1) is 17.8 Å². The number of carbonyl (C=O) groups excluding carboxylic acids is 1. The fraction of sp³-hybridized carbons (Fsp3) is 0.450. The molecule has 1 heterocycles. The fourth-order valence-electron chi connectivity index (χ4n) is 3.54. The maximum Gasteiger partial charge on any atom is 0.414 e. The lowest BCUT2D eigenvalue weighted by Crippen LogP contribution is -2.44. The molecule has 3 rings (SSSR count). The van der Waals surface area contributed by atoms with Crippen LogP contribution in [0.25, 0.3) is 0 Å². The van der Waals surface area contributed by atoms with E-state index in [-0.39, 0.29) is 12.0 Å². The molecule has 1 amide bonds. The highest BCUT2D eigenvalue weighted by molar-refractivity contribution is 6.30. The van der Waals surface area contributed by atoms with E-state index in [1.165, 1.54) is 0 Å². The first-order chi connectivity index (χ1) is 12.1. The molecule has 1 saturated heterocycles. The molecular formula is C20H22ClNO3. The van der Waals surface area contributed by atoms with E-state index in [0.29, 0.717) is 31.0 Å². The number of ether oxygens (including phenoxy) is 1. The van der Waals surface area contributed by atoms with Crippen LogP contribution in [0.4, 0.5) is 4.79 Å². The Hall–Kier alpha value is -1.96. The van der Waals surface area contributed by atoms with Crippen molar-refractivity contribution in [3.63, 3.8) is 0 Å². The molecule has 0 radical (unpaired) electrons. The maximum atomic E-state index is 12.3. The topological polar surface area (TPSA) is 49.8 Å². The number of aliphatic hydroxyl groups is 1. The Balaban J connectivity index is 1.98. The van der Waals surface area contributed by atoms with Gasteiger partial charge in [0.2, 0.25) is 0 Å². The summed E-state index contributed by atoms with van der Waals surface area (Å²) in [6.45, 7) is 2.74. The number of halogens is 1. The third-order valence-electron chi connectivity index (χ3n) is 4.67. The van der Waals surface area contributed by atoms with E-state index in [9.17, 15) is 9.90 Å². The highest BCUT2D eigenvalue weighted by Crippen LogP contribution is 2.39. The summed E-state index contributed by atoms with van der Waals surface area (Å²) in [5, 5.41) is 11.0. The second kappa shape index (κ2) is 7.95. The maximum absolute atomic E-state index is 12.3. The average Bonchev–Trinajstić information content (AvgIpc) is 2.61. The number of hydrogen-bond donors (Lipinski definition) is 1. The van der Waals surface area contributed by atoms with Crippen LogP contribution >= 0.6 is 11.6 Å². The third-order valence-corrected chi connectivity index (χ3v) is 4.91. The first-order valence-electron chi connectivity index (χ1n) is 8.73. The average molecular weight is 360 g/mol. The summed E-state index contributed by atoms with van der Waals surface area (Å²) in [7, 11) is 0. The SMILES string of the molecule is CCOC(=O)N1CCCC2C1=C(C#Cc1cccc(Cl)c1)CCC2O. The summed E-state index contributed by atoms with van der Waals surface area (Å²) >= 11 is 6.01. The molecule has 1 aromatic rings. The van der Waals surface area contributed by atoms with Gasteiger partial charge in [-0.25, -0.2) is 4.79 Å². The molecular weight excluding hydrogens is 338 g/mol. The highest BCUT2D eigenvalue weighted by atomic mass is 35.5. The van der Waals surface area contributed by atoms with Gasteiger partial charge in [-0.15, -0.1) is 0 Å². The van der Waals surface area contributed by atoms with Gasteiger partial charge in [-0.1, -0.05) is 29.5 Å². The summed E-state index contributed by atoms with van der Waals surface area (Å²) in [5.41, 5.74) is 2.60. The molecule has 0 saturated carbocycles. The van der Waals surface area contributed by atoms with Crippen LogP contribution in [0.1, 0.15) is 38.2 Å². The van der Waals surface area contributed by atoms with Crippen LogP contribution in [0.3, 0.4) is 0 Å². The van der Waals surface area contributed by atoms with Gasteiger partial charge < -0.3 is 9.84 Å². The molecule has 2 atom stereocenters. The van der Waals surface area contributed by atoms with Gasteiger partial charge in [0.05, 0.1) is 12.7 Å². The van der Waals surface area contributed by atoms with Crippen molar-refractivity contribution < 1.29 is 14.6 Å². The van der Waals surface area contributed by atoms with Crippen molar-refractivity contribution in [2.45, 2.75) is 38.7 Å². The minimum Gasteiger partial charge on any atom is -0.449 e. The Kier molecular flexibility index (Phi) is 5.67. The number of hydrogen-bond acceptors (Lipinski definition) is 3. The smallest absolute Gasteiger partial charge is 0.414 e. The lowest BCUT2D eigenvalue weighted by Gasteiger charge is -2.40. The van der Waals surface area contributed by atoms with E-state index in [2.05, 4.69) is 11.8 Å². The van der Waals surface area contributed by atoms with Crippen molar-refractivity contribution in [3.05, 3.63) is 46.1 Å². The largest absolute Gasteiger partial charge is 0.449 e. The lowest BCUT2D eigenvalue weighted by atomic mass is 9.79. The Labute approximate surface area is 153 Å². The highest BCUT2D eigenvalue weighted by Gasteiger charge is 2.38. The van der Waals surface area contributed by atoms with Crippen molar-refractivity contribution in [1.29, 1.82) is 0 Å². The Bertz CT molecular complexity index is 747. The molecule has 1 aliphatic carbocycles. The van der Waals surface area contributed by atoms with Crippen molar-refractivity contribution in [2.24, 2.45) is 5.92 Å². The molecule has 1 fully saturated rings. The van der Waals surface area contributed by atoms with Crippen LogP contribution in [-0.4, -0.2) is 35.4 Å². The first-order valence-corrected chi connectivity index (χ1v) is 9.11. The Morgan fingerprint density at radius 2 is 2.24 bits per heavy atom. The number of nitrogens with zero attached hydrogens (tertiary/aromatic N) is 1. The summed E-state index contributed by atoms with van der Waals surface area (Å²) in [5.74, 6) is 6.32. The second-order valence-corrected chi connectivity index (χ2v) is 6.77. The van der Waals surface area contributed by atoms with E-state index < -0.39 is 6.10 Å². The third kappa shape index (κ3) is 4.00. The van der Waals surface area contributed by atoms with Crippen LogP contribution in [-0.2, 0) is 4.74 Å². The number of aliphatic hydroxyl groups excluding tert-OH is 1. The standard InChI is InChI=1S/C20H22ClNO3/c1-2-25-20(24)22-12-4-7-17-18(23)11-10-15(19(17)22)9-8-14-5-3-6-16(21)13-14/h3,5-6,13,17-18,23H,2,4,7,10-12H2,1H3. The summed E-state index contributed by atoms with van der Waals surface area (Å²) in [6.07, 6.45) is 2.29. The normalized spacial score (nSPS) is 22.8. The zero-order chi connectivity index (χ0) is 17.8. The molecule has 5 heteroatoms. The molecule has 132 valence electrons. The molecule has 1 aliphatic heterocycles. The van der Waals surface area contributed by atoms with Crippen LogP contribution in [0.15, 0.2) is 35.5 Å². The zero-order valence-corrected chi connectivity index (χ0v) is 15.1. The van der Waals surface area contributed by atoms with Gasteiger partial charge in [-0.2, -0.15) is 0 Å². The van der Waals surface area contributed by atoms with Gasteiger partial charge in [0.15, 0.2) is 0 Å². The number of amides is 1. The summed E-state index contributed by atoms with van der Waals surface area (Å²) in [6, 6.07) is 7.40. The second-order valence-electron chi connectivity index (χ2n) is 6.33. The van der Waals surface area contributed by atoms with E-state index in [1.807, 2.05) is 24.3 Å². The van der Waals surface area contributed by atoms with Crippen molar-refractivity contribution >= 4 is 17.7 Å². The molecule has 2 aliphatic rings. The zero-order valence-electron chi connectivity index (χ0n) is 14.3. The number of fused-ring (bicyclic) bond motifs is 1. The van der Waals surface area contributed by atoms with Gasteiger partial charge in [0, 0.05) is 34.3 Å². The van der Waals surface area contributed by atoms with Gasteiger partial charge in [-0.3, -0.25) is 4.90 Å².